The Labute approximate surface area is 128 Å². The van der Waals surface area contributed by atoms with Crippen LogP contribution in [0, 0.1) is 0 Å². The predicted molar refractivity (Wildman–Crippen MR) is 80.5 cm³/mol. The van der Waals surface area contributed by atoms with Crippen molar-refractivity contribution >= 4 is 17.6 Å². The molecule has 1 aromatic heterocycles. The highest BCUT2D eigenvalue weighted by atomic mass is 35.5. The number of hydrogen-bond acceptors (Lipinski definition) is 4. The zero-order valence-electron chi connectivity index (χ0n) is 12.2. The van der Waals surface area contributed by atoms with Crippen molar-refractivity contribution in [1.29, 1.82) is 0 Å². The van der Waals surface area contributed by atoms with Gasteiger partial charge in [-0.2, -0.15) is 0 Å². The van der Waals surface area contributed by atoms with E-state index >= 15 is 0 Å². The Hall–Kier alpha value is -1.88. The minimum atomic E-state index is -0.425. The van der Waals surface area contributed by atoms with Crippen molar-refractivity contribution in [2.45, 2.75) is 33.2 Å². The van der Waals surface area contributed by atoms with Gasteiger partial charge in [-0.15, -0.1) is 5.10 Å². The number of hydrogen-bond donors (Lipinski definition) is 0. The average molecular weight is 308 g/mol. The molecule has 21 heavy (non-hydrogen) atoms. The van der Waals surface area contributed by atoms with E-state index in [9.17, 15) is 4.79 Å². The first kappa shape index (κ1) is 15.5. The number of ether oxygens (including phenoxy) is 1. The Morgan fingerprint density at radius 1 is 1.33 bits per heavy atom. The lowest BCUT2D eigenvalue weighted by Crippen LogP contribution is -2.11. The van der Waals surface area contributed by atoms with Crippen LogP contribution in [0.2, 0.25) is 5.02 Å². The third-order valence-corrected chi connectivity index (χ3v) is 3.44. The average Bonchev–Trinajstić information content (AvgIpc) is 2.85. The fourth-order valence-corrected chi connectivity index (χ4v) is 2.29. The van der Waals surface area contributed by atoms with E-state index in [2.05, 4.69) is 10.3 Å². The summed E-state index contributed by atoms with van der Waals surface area (Å²) in [4.78, 5) is 11.9. The molecule has 1 heterocycles. The van der Waals surface area contributed by atoms with Crippen LogP contribution in [0.5, 0.6) is 0 Å². The maximum Gasteiger partial charge on any atom is 0.360 e. The van der Waals surface area contributed by atoms with Crippen LogP contribution in [0.25, 0.3) is 0 Å². The van der Waals surface area contributed by atoms with Crippen LogP contribution in [-0.2, 0) is 17.7 Å². The maximum atomic E-state index is 11.9. The summed E-state index contributed by atoms with van der Waals surface area (Å²) in [6.45, 7) is 4.62. The first-order valence-electron chi connectivity index (χ1n) is 7.00. The molecule has 0 unspecified atom stereocenters. The largest absolute Gasteiger partial charge is 0.461 e. The van der Waals surface area contributed by atoms with Crippen molar-refractivity contribution in [2.24, 2.45) is 0 Å². The van der Waals surface area contributed by atoms with Crippen LogP contribution in [0.15, 0.2) is 24.3 Å². The van der Waals surface area contributed by atoms with E-state index in [4.69, 9.17) is 16.3 Å². The molecule has 0 atom stereocenters. The molecule has 6 heteroatoms. The topological polar surface area (TPSA) is 57.0 Å². The van der Waals surface area contributed by atoms with Crippen LogP contribution >= 0.6 is 11.6 Å². The van der Waals surface area contributed by atoms with E-state index in [0.717, 1.165) is 17.7 Å². The molecule has 0 fully saturated rings. The van der Waals surface area contributed by atoms with Crippen LogP contribution in [0.4, 0.5) is 0 Å². The van der Waals surface area contributed by atoms with Crippen LogP contribution < -0.4 is 0 Å². The summed E-state index contributed by atoms with van der Waals surface area (Å²) in [5.74, 6) is -0.425. The molecule has 0 N–H and O–H groups in total. The summed E-state index contributed by atoms with van der Waals surface area (Å²) in [7, 11) is 0. The number of rotatable bonds is 6. The summed E-state index contributed by atoms with van der Waals surface area (Å²) >= 11 is 6.17. The lowest BCUT2D eigenvalue weighted by Gasteiger charge is -2.08. The Morgan fingerprint density at radius 3 is 2.76 bits per heavy atom. The van der Waals surface area contributed by atoms with Crippen molar-refractivity contribution in [2.75, 3.05) is 6.61 Å². The summed E-state index contributed by atoms with van der Waals surface area (Å²) in [5, 5.41) is 8.73. The Balaban J connectivity index is 2.31. The van der Waals surface area contributed by atoms with Gasteiger partial charge in [0.1, 0.15) is 0 Å². The Kier molecular flexibility index (Phi) is 5.33. The van der Waals surface area contributed by atoms with Gasteiger partial charge in [-0.1, -0.05) is 48.4 Å². The van der Waals surface area contributed by atoms with E-state index in [1.807, 2.05) is 31.2 Å². The number of aromatic nitrogens is 3. The molecule has 0 amide bonds. The standard InChI is InChI=1S/C15H18ClN3O2/c1-3-7-13-14(15(20)21-4-2)17-18-19(13)10-11-8-5-6-9-12(11)16/h5-6,8-9H,3-4,7,10H2,1-2H3. The fraction of sp³-hybridized carbons (Fsp3) is 0.400. The first-order chi connectivity index (χ1) is 10.2. The van der Waals surface area contributed by atoms with E-state index in [1.54, 1.807) is 11.6 Å². The lowest BCUT2D eigenvalue weighted by atomic mass is 10.2. The first-order valence-corrected chi connectivity index (χ1v) is 7.38. The van der Waals surface area contributed by atoms with Gasteiger partial charge in [-0.05, 0) is 25.0 Å². The molecule has 0 bridgehead atoms. The molecule has 1 aromatic carbocycles. The molecular formula is C15H18ClN3O2. The molecule has 5 nitrogen and oxygen atoms in total. The van der Waals surface area contributed by atoms with Crippen molar-refractivity contribution in [3.8, 4) is 0 Å². The highest BCUT2D eigenvalue weighted by Crippen LogP contribution is 2.18. The summed E-state index contributed by atoms with van der Waals surface area (Å²) in [5.41, 5.74) is 2.03. The third-order valence-electron chi connectivity index (χ3n) is 3.07. The second-order valence-electron chi connectivity index (χ2n) is 4.60. The number of esters is 1. The van der Waals surface area contributed by atoms with Gasteiger partial charge in [-0.25, -0.2) is 9.48 Å². The van der Waals surface area contributed by atoms with Gasteiger partial charge < -0.3 is 4.74 Å². The van der Waals surface area contributed by atoms with Crippen molar-refractivity contribution < 1.29 is 9.53 Å². The second kappa shape index (κ2) is 7.22. The van der Waals surface area contributed by atoms with Crippen LogP contribution in [-0.4, -0.2) is 27.6 Å². The molecule has 0 radical (unpaired) electrons. The molecule has 0 aliphatic heterocycles. The predicted octanol–water partition coefficient (Wildman–Crippen LogP) is 3.11. The molecule has 2 aromatic rings. The Morgan fingerprint density at radius 2 is 2.10 bits per heavy atom. The molecule has 0 saturated carbocycles. The number of halogens is 1. The minimum Gasteiger partial charge on any atom is -0.461 e. The normalized spacial score (nSPS) is 10.6. The molecular weight excluding hydrogens is 290 g/mol. The van der Waals surface area contributed by atoms with Crippen LogP contribution in [0.1, 0.15) is 42.0 Å². The molecule has 0 saturated heterocycles. The second-order valence-corrected chi connectivity index (χ2v) is 5.01. The van der Waals surface area contributed by atoms with Gasteiger partial charge in [-0.3, -0.25) is 0 Å². The fourth-order valence-electron chi connectivity index (χ4n) is 2.09. The SMILES string of the molecule is CCCc1c(C(=O)OCC)nnn1Cc1ccccc1Cl. The number of nitrogens with zero attached hydrogens (tertiary/aromatic N) is 3. The zero-order valence-corrected chi connectivity index (χ0v) is 12.9. The van der Waals surface area contributed by atoms with E-state index in [1.165, 1.54) is 0 Å². The molecule has 112 valence electrons. The van der Waals surface area contributed by atoms with E-state index < -0.39 is 5.97 Å². The molecule has 0 aliphatic rings. The van der Waals surface area contributed by atoms with Gasteiger partial charge in [0.25, 0.3) is 0 Å². The zero-order chi connectivity index (χ0) is 15.2. The van der Waals surface area contributed by atoms with Gasteiger partial charge in [0.15, 0.2) is 5.69 Å². The molecule has 0 aliphatic carbocycles. The summed E-state index contributed by atoms with van der Waals surface area (Å²) < 4.78 is 6.74. The monoisotopic (exact) mass is 307 g/mol. The van der Waals surface area contributed by atoms with Gasteiger partial charge in [0, 0.05) is 5.02 Å². The van der Waals surface area contributed by atoms with E-state index in [-0.39, 0.29) is 0 Å². The number of carbonyl (C=O) groups excluding carboxylic acids is 1. The smallest absolute Gasteiger partial charge is 0.360 e. The van der Waals surface area contributed by atoms with E-state index in [0.29, 0.717) is 30.3 Å². The van der Waals surface area contributed by atoms with Gasteiger partial charge in [0.05, 0.1) is 18.8 Å². The number of carbonyl (C=O) groups is 1. The van der Waals surface area contributed by atoms with Crippen molar-refractivity contribution in [1.82, 2.24) is 15.0 Å². The third kappa shape index (κ3) is 3.61. The molecule has 0 spiro atoms. The van der Waals surface area contributed by atoms with Crippen LogP contribution in [0.3, 0.4) is 0 Å². The lowest BCUT2D eigenvalue weighted by molar-refractivity contribution is 0.0518. The number of benzene rings is 1. The minimum absolute atomic E-state index is 0.297. The molecule has 2 rings (SSSR count). The van der Waals surface area contributed by atoms with Gasteiger partial charge >= 0.3 is 5.97 Å². The van der Waals surface area contributed by atoms with Gasteiger partial charge in [0.2, 0.25) is 0 Å². The highest BCUT2D eigenvalue weighted by Gasteiger charge is 2.20. The summed E-state index contributed by atoms with van der Waals surface area (Å²) in [6.07, 6.45) is 1.61. The highest BCUT2D eigenvalue weighted by molar-refractivity contribution is 6.31. The summed E-state index contributed by atoms with van der Waals surface area (Å²) in [6, 6.07) is 7.57. The maximum absolute atomic E-state index is 11.9. The Bertz CT molecular complexity index is 625. The van der Waals surface area contributed by atoms with Crippen molar-refractivity contribution in [3.63, 3.8) is 0 Å². The van der Waals surface area contributed by atoms with Crippen molar-refractivity contribution in [3.05, 3.63) is 46.2 Å². The quantitative estimate of drug-likeness (QED) is 0.769.